The van der Waals surface area contributed by atoms with Crippen LogP contribution in [0.25, 0.3) is 10.9 Å². The van der Waals surface area contributed by atoms with Gasteiger partial charge in [-0.1, -0.05) is 23.4 Å². The average molecular weight is 519 g/mol. The van der Waals surface area contributed by atoms with Gasteiger partial charge in [-0.2, -0.15) is 10.1 Å². The Morgan fingerprint density at radius 2 is 2.06 bits per heavy atom. The predicted octanol–water partition coefficient (Wildman–Crippen LogP) is 2.34. The molecule has 2 N–H and O–H groups in total. The molecule has 2 aliphatic rings. The lowest BCUT2D eigenvalue weighted by Gasteiger charge is -2.41. The van der Waals surface area contributed by atoms with E-state index >= 15 is 0 Å². The van der Waals surface area contributed by atoms with Gasteiger partial charge in [-0.25, -0.2) is 0 Å². The molecular weight excluding hydrogens is 492 g/mol. The number of carbonyl (C=O) groups excluding carboxylic acids is 1. The largest absolute Gasteiger partial charge is 0.408 e. The number of ether oxygens (including phenoxy) is 2. The quantitative estimate of drug-likeness (QED) is 0.508. The second-order valence-electron chi connectivity index (χ2n) is 9.23. The number of fused-ring (bicyclic) bond motifs is 1. The first-order valence-corrected chi connectivity index (χ1v) is 12.6. The van der Waals surface area contributed by atoms with Gasteiger partial charge in [0.25, 0.3) is 12.0 Å². The molecule has 4 heterocycles. The molecule has 1 aromatic carbocycles. The maximum atomic E-state index is 13.4. The van der Waals surface area contributed by atoms with E-state index in [0.717, 1.165) is 35.5 Å². The third kappa shape index (κ3) is 4.10. The second kappa shape index (κ2) is 9.12. The smallest absolute Gasteiger partial charge is 0.299 e. The number of rotatable bonds is 5. The molecule has 0 radical (unpaired) electrons. The van der Waals surface area contributed by atoms with Crippen molar-refractivity contribution in [1.82, 2.24) is 19.3 Å². The normalized spacial score (nSPS) is 21.7. The van der Waals surface area contributed by atoms with E-state index in [4.69, 9.17) is 26.8 Å². The third-order valence-corrected chi connectivity index (χ3v) is 8.79. The highest BCUT2D eigenvalue weighted by Gasteiger charge is 2.47. The highest BCUT2D eigenvalue weighted by Crippen LogP contribution is 2.43. The van der Waals surface area contributed by atoms with Gasteiger partial charge in [-0.3, -0.25) is 18.8 Å². The van der Waals surface area contributed by atoms with Gasteiger partial charge >= 0.3 is 0 Å². The van der Waals surface area contributed by atoms with Crippen LogP contribution in [0, 0.1) is 5.41 Å². The van der Waals surface area contributed by atoms with Crippen molar-refractivity contribution in [2.75, 3.05) is 24.6 Å². The molecule has 186 valence electrons. The number of carbonyl (C=O) groups is 1. The maximum absolute atomic E-state index is 13.4. The zero-order valence-corrected chi connectivity index (χ0v) is 21.3. The highest BCUT2D eigenvalue weighted by atomic mass is 35.5. The van der Waals surface area contributed by atoms with Crippen LogP contribution in [-0.2, 0) is 23.6 Å². The minimum absolute atomic E-state index is 0.0175. The fourth-order valence-corrected chi connectivity index (χ4v) is 6.30. The lowest BCUT2D eigenvalue weighted by atomic mass is 9.73. The van der Waals surface area contributed by atoms with Crippen molar-refractivity contribution in [2.24, 2.45) is 25.2 Å². The summed E-state index contributed by atoms with van der Waals surface area (Å²) in [6, 6.07) is 3.60. The zero-order valence-electron chi connectivity index (χ0n) is 19.7. The highest BCUT2D eigenvalue weighted by molar-refractivity contribution is 7.99. The molecule has 0 aliphatic carbocycles. The minimum Gasteiger partial charge on any atom is -0.408 e. The molecule has 12 heteroatoms. The van der Waals surface area contributed by atoms with Crippen LogP contribution in [-0.4, -0.2) is 57.6 Å². The van der Waals surface area contributed by atoms with Crippen LogP contribution >= 0.6 is 23.4 Å². The van der Waals surface area contributed by atoms with Crippen LogP contribution in [0.1, 0.15) is 19.8 Å². The van der Waals surface area contributed by atoms with Crippen LogP contribution in [0.3, 0.4) is 0 Å². The van der Waals surface area contributed by atoms with Gasteiger partial charge in [0, 0.05) is 55.1 Å². The Balaban J connectivity index is 1.46. The third-order valence-electron chi connectivity index (χ3n) is 7.16. The van der Waals surface area contributed by atoms with Crippen molar-refractivity contribution in [1.29, 1.82) is 0 Å². The predicted molar refractivity (Wildman–Crippen MR) is 133 cm³/mol. The van der Waals surface area contributed by atoms with E-state index in [1.165, 1.54) is 4.57 Å². The number of aromatic nitrogens is 4. The Hall–Kier alpha value is -2.60. The van der Waals surface area contributed by atoms with Gasteiger partial charge in [-0.05, 0) is 31.9 Å². The number of aryl methyl sites for hydroxylation is 1. The summed E-state index contributed by atoms with van der Waals surface area (Å²) >= 11 is 7.73. The van der Waals surface area contributed by atoms with E-state index in [0.29, 0.717) is 35.6 Å². The van der Waals surface area contributed by atoms with E-state index in [2.05, 4.69) is 10.1 Å². The van der Waals surface area contributed by atoms with Crippen LogP contribution in [0.5, 0.6) is 5.88 Å². The summed E-state index contributed by atoms with van der Waals surface area (Å²) in [5, 5.41) is 5.59. The number of nitrogens with two attached hydrogens (primary N) is 1. The SMILES string of the molecule is C[C@@H]1OCC2(CCN(c3nc(OC=O)c(Sc4ccc5nn(C)cc5c4Cl)c(=O)n3C)CC2)[C@@H]1N. The van der Waals surface area contributed by atoms with Gasteiger partial charge in [0.2, 0.25) is 11.8 Å². The van der Waals surface area contributed by atoms with Crippen LogP contribution in [0.15, 0.2) is 32.9 Å². The molecule has 5 rings (SSSR count). The Kier molecular flexibility index (Phi) is 6.28. The Morgan fingerprint density at radius 3 is 2.71 bits per heavy atom. The lowest BCUT2D eigenvalue weighted by molar-refractivity contribution is -0.121. The van der Waals surface area contributed by atoms with Gasteiger partial charge in [0.05, 0.1) is 23.3 Å². The number of halogens is 1. The molecule has 0 bridgehead atoms. The second-order valence-corrected chi connectivity index (χ2v) is 10.7. The monoisotopic (exact) mass is 518 g/mol. The summed E-state index contributed by atoms with van der Waals surface area (Å²) in [4.78, 5) is 32.2. The number of anilines is 1. The molecular formula is C23H27ClN6O4S. The van der Waals surface area contributed by atoms with Crippen LogP contribution in [0.2, 0.25) is 5.02 Å². The molecule has 2 atom stereocenters. The molecule has 2 aliphatic heterocycles. The molecule has 10 nitrogen and oxygen atoms in total. The van der Waals surface area contributed by atoms with Crippen molar-refractivity contribution in [3.05, 3.63) is 33.7 Å². The molecule has 35 heavy (non-hydrogen) atoms. The molecule has 1 spiro atoms. The molecule has 0 saturated carbocycles. The summed E-state index contributed by atoms with van der Waals surface area (Å²) in [5.41, 5.74) is 6.80. The molecule has 2 fully saturated rings. The summed E-state index contributed by atoms with van der Waals surface area (Å²) in [6.45, 7) is 4.27. The van der Waals surface area contributed by atoms with E-state index in [1.807, 2.05) is 31.1 Å². The molecule has 2 saturated heterocycles. The van der Waals surface area contributed by atoms with E-state index in [-0.39, 0.29) is 40.4 Å². The standard InChI is InChI=1S/C23H27ClN6O4S/c1-13-19(25)23(11-33-13)6-8-30(9-7-23)22-26-20(34-12-31)18(21(32)29(22)3)35-16-5-4-15-14(17(16)24)10-28(2)27-15/h4-5,10,12-13,19H,6-9,11,25H2,1-3H3/t13-,19+/m0/s1. The Labute approximate surface area is 211 Å². The summed E-state index contributed by atoms with van der Waals surface area (Å²) in [6.07, 6.45) is 3.51. The van der Waals surface area contributed by atoms with Gasteiger partial charge in [0.1, 0.15) is 4.90 Å². The minimum atomic E-state index is -0.325. The average Bonchev–Trinajstić information content (AvgIpc) is 3.36. The van der Waals surface area contributed by atoms with Crippen molar-refractivity contribution in [3.63, 3.8) is 0 Å². The molecule has 2 aromatic heterocycles. The first-order valence-electron chi connectivity index (χ1n) is 11.4. The zero-order chi connectivity index (χ0) is 24.9. The van der Waals surface area contributed by atoms with E-state index < -0.39 is 0 Å². The van der Waals surface area contributed by atoms with Crippen molar-refractivity contribution < 1.29 is 14.3 Å². The molecule has 0 amide bonds. The number of hydrogen-bond donors (Lipinski definition) is 1. The van der Waals surface area contributed by atoms with Gasteiger partial charge < -0.3 is 20.1 Å². The Morgan fingerprint density at radius 1 is 1.31 bits per heavy atom. The number of benzene rings is 1. The van der Waals surface area contributed by atoms with E-state index in [1.54, 1.807) is 17.8 Å². The van der Waals surface area contributed by atoms with E-state index in [9.17, 15) is 9.59 Å². The first kappa shape index (κ1) is 24.1. The Bertz CT molecular complexity index is 1350. The summed E-state index contributed by atoms with van der Waals surface area (Å²) < 4.78 is 14.2. The first-order chi connectivity index (χ1) is 16.7. The summed E-state index contributed by atoms with van der Waals surface area (Å²) in [7, 11) is 3.48. The molecule has 0 unspecified atom stereocenters. The van der Waals surface area contributed by atoms with Gasteiger partial charge in [0.15, 0.2) is 0 Å². The number of nitrogens with zero attached hydrogens (tertiary/aromatic N) is 5. The van der Waals surface area contributed by atoms with Crippen LogP contribution in [0.4, 0.5) is 5.95 Å². The molecule has 3 aromatic rings. The number of hydrogen-bond acceptors (Lipinski definition) is 9. The number of piperidine rings is 1. The fourth-order valence-electron chi connectivity index (χ4n) is 5.02. The van der Waals surface area contributed by atoms with Crippen molar-refractivity contribution >= 4 is 46.7 Å². The van der Waals surface area contributed by atoms with Gasteiger partial charge in [-0.15, -0.1) is 0 Å². The lowest BCUT2D eigenvalue weighted by Crippen LogP contribution is -2.51. The van der Waals surface area contributed by atoms with Crippen LogP contribution < -0.4 is 20.9 Å². The summed E-state index contributed by atoms with van der Waals surface area (Å²) in [5.74, 6) is 0.403. The topological polar surface area (TPSA) is 118 Å². The van der Waals surface area contributed by atoms with Crippen molar-refractivity contribution in [2.45, 2.75) is 41.7 Å². The maximum Gasteiger partial charge on any atom is 0.299 e. The fraction of sp³-hybridized carbons (Fsp3) is 0.478. The van der Waals surface area contributed by atoms with Crippen molar-refractivity contribution in [3.8, 4) is 5.88 Å².